The van der Waals surface area contributed by atoms with E-state index < -0.39 is 0 Å². The van der Waals surface area contributed by atoms with Gasteiger partial charge in [0.15, 0.2) is 0 Å². The van der Waals surface area contributed by atoms with Gasteiger partial charge in [-0.25, -0.2) is 0 Å². The normalized spacial score (nSPS) is 25.5. The van der Waals surface area contributed by atoms with E-state index in [4.69, 9.17) is 4.74 Å². The van der Waals surface area contributed by atoms with Crippen molar-refractivity contribution in [3.8, 4) is 5.75 Å². The van der Waals surface area contributed by atoms with Crippen molar-refractivity contribution in [1.29, 1.82) is 0 Å². The van der Waals surface area contributed by atoms with Gasteiger partial charge in [0.2, 0.25) is 0 Å². The Balaban J connectivity index is 2.14. The van der Waals surface area contributed by atoms with Crippen LogP contribution in [0.4, 0.5) is 0 Å². The fourth-order valence-corrected chi connectivity index (χ4v) is 2.55. The largest absolute Gasteiger partial charge is 0.497 e. The van der Waals surface area contributed by atoms with Crippen LogP contribution in [0.1, 0.15) is 30.7 Å². The molecule has 1 N–H and O–H groups in total. The number of aliphatic hydroxyl groups is 1. The molecular weight excluding hydrogens is 188 g/mol. The van der Waals surface area contributed by atoms with Crippen LogP contribution >= 0.6 is 0 Å². The van der Waals surface area contributed by atoms with Gasteiger partial charge in [0.1, 0.15) is 5.75 Å². The highest BCUT2D eigenvalue weighted by atomic mass is 16.5. The fourth-order valence-electron chi connectivity index (χ4n) is 2.55. The van der Waals surface area contributed by atoms with E-state index in [-0.39, 0.29) is 0 Å². The molecule has 2 atom stereocenters. The number of methoxy groups -OCH3 is 1. The molecule has 0 saturated heterocycles. The van der Waals surface area contributed by atoms with Crippen LogP contribution in [0.2, 0.25) is 0 Å². The van der Waals surface area contributed by atoms with Crippen LogP contribution in [-0.2, 0) is 0 Å². The van der Waals surface area contributed by atoms with E-state index >= 15 is 0 Å². The zero-order valence-corrected chi connectivity index (χ0v) is 9.15. The first-order valence-electron chi connectivity index (χ1n) is 5.60. The predicted molar refractivity (Wildman–Crippen MR) is 60.2 cm³/mol. The third kappa shape index (κ3) is 2.15. The number of ether oxygens (including phenoxy) is 1. The van der Waals surface area contributed by atoms with E-state index in [0.29, 0.717) is 18.4 Å². The second kappa shape index (κ2) is 4.67. The Morgan fingerprint density at radius 1 is 1.27 bits per heavy atom. The van der Waals surface area contributed by atoms with Crippen molar-refractivity contribution in [3.63, 3.8) is 0 Å². The molecule has 2 nitrogen and oxygen atoms in total. The molecule has 1 aromatic carbocycles. The molecule has 1 aliphatic rings. The summed E-state index contributed by atoms with van der Waals surface area (Å²) >= 11 is 0. The average molecular weight is 206 g/mol. The first-order valence-corrected chi connectivity index (χ1v) is 5.60. The summed E-state index contributed by atoms with van der Waals surface area (Å²) < 4.78 is 5.14. The first kappa shape index (κ1) is 10.5. The molecule has 82 valence electrons. The summed E-state index contributed by atoms with van der Waals surface area (Å²) in [5.74, 6) is 1.90. The van der Waals surface area contributed by atoms with Crippen LogP contribution < -0.4 is 4.74 Å². The zero-order chi connectivity index (χ0) is 10.7. The molecule has 2 unspecified atom stereocenters. The van der Waals surface area contributed by atoms with E-state index in [1.807, 2.05) is 12.1 Å². The number of rotatable bonds is 3. The van der Waals surface area contributed by atoms with Crippen molar-refractivity contribution in [2.45, 2.75) is 25.2 Å². The van der Waals surface area contributed by atoms with Gasteiger partial charge in [0.05, 0.1) is 7.11 Å². The number of hydrogen-bond acceptors (Lipinski definition) is 2. The molecule has 0 amide bonds. The van der Waals surface area contributed by atoms with E-state index in [0.717, 1.165) is 12.2 Å². The molecule has 0 radical (unpaired) electrons. The van der Waals surface area contributed by atoms with Gasteiger partial charge >= 0.3 is 0 Å². The Bertz CT molecular complexity index is 305. The third-order valence-electron chi connectivity index (χ3n) is 3.44. The number of aliphatic hydroxyl groups excluding tert-OH is 1. The van der Waals surface area contributed by atoms with Crippen LogP contribution in [0, 0.1) is 5.92 Å². The molecule has 1 aliphatic carbocycles. The molecule has 2 heteroatoms. The summed E-state index contributed by atoms with van der Waals surface area (Å²) in [5.41, 5.74) is 1.34. The molecule has 0 aliphatic heterocycles. The molecule has 2 rings (SSSR count). The maximum atomic E-state index is 9.27. The standard InChI is InChI=1S/C13H18O2/c1-15-12-7-5-10(6-8-12)13-4-2-3-11(13)9-14/h5-8,11,13-14H,2-4,9H2,1H3. The van der Waals surface area contributed by atoms with Gasteiger partial charge in [-0.1, -0.05) is 18.6 Å². The second-order valence-corrected chi connectivity index (χ2v) is 4.25. The quantitative estimate of drug-likeness (QED) is 0.823. The van der Waals surface area contributed by atoms with Crippen LogP contribution in [-0.4, -0.2) is 18.8 Å². The summed E-state index contributed by atoms with van der Waals surface area (Å²) in [6, 6.07) is 8.25. The van der Waals surface area contributed by atoms with Gasteiger partial charge in [0.25, 0.3) is 0 Å². The smallest absolute Gasteiger partial charge is 0.118 e. The van der Waals surface area contributed by atoms with Crippen LogP contribution in [0.25, 0.3) is 0 Å². The molecule has 0 heterocycles. The molecule has 15 heavy (non-hydrogen) atoms. The SMILES string of the molecule is COc1ccc(C2CCCC2CO)cc1. The van der Waals surface area contributed by atoms with E-state index in [1.165, 1.54) is 18.4 Å². The Morgan fingerprint density at radius 3 is 2.60 bits per heavy atom. The number of hydrogen-bond donors (Lipinski definition) is 1. The maximum absolute atomic E-state index is 9.27. The van der Waals surface area contributed by atoms with Crippen molar-refractivity contribution >= 4 is 0 Å². The highest BCUT2D eigenvalue weighted by molar-refractivity contribution is 5.30. The molecular formula is C13H18O2. The summed E-state index contributed by atoms with van der Waals surface area (Å²) in [7, 11) is 1.68. The van der Waals surface area contributed by atoms with E-state index in [2.05, 4.69) is 12.1 Å². The van der Waals surface area contributed by atoms with Crippen molar-refractivity contribution in [1.82, 2.24) is 0 Å². The van der Waals surface area contributed by atoms with Crippen molar-refractivity contribution in [3.05, 3.63) is 29.8 Å². The minimum atomic E-state index is 0.316. The third-order valence-corrected chi connectivity index (χ3v) is 3.44. The van der Waals surface area contributed by atoms with E-state index in [9.17, 15) is 5.11 Å². The van der Waals surface area contributed by atoms with E-state index in [1.54, 1.807) is 7.11 Å². The van der Waals surface area contributed by atoms with Gasteiger partial charge < -0.3 is 9.84 Å². The summed E-state index contributed by atoms with van der Waals surface area (Å²) in [6.07, 6.45) is 3.60. The molecule has 1 fully saturated rings. The minimum absolute atomic E-state index is 0.316. The topological polar surface area (TPSA) is 29.5 Å². The molecule has 1 saturated carbocycles. The predicted octanol–water partition coefficient (Wildman–Crippen LogP) is 2.57. The van der Waals surface area contributed by atoms with Crippen molar-refractivity contribution in [2.24, 2.45) is 5.92 Å². The van der Waals surface area contributed by atoms with Gasteiger partial charge in [-0.15, -0.1) is 0 Å². The van der Waals surface area contributed by atoms with Gasteiger partial charge in [0, 0.05) is 6.61 Å². The lowest BCUT2D eigenvalue weighted by molar-refractivity contribution is 0.217. The van der Waals surface area contributed by atoms with Crippen LogP contribution in [0.15, 0.2) is 24.3 Å². The van der Waals surface area contributed by atoms with Crippen LogP contribution in [0.3, 0.4) is 0 Å². The highest BCUT2D eigenvalue weighted by Crippen LogP contribution is 2.39. The Hall–Kier alpha value is -1.02. The summed E-state index contributed by atoms with van der Waals surface area (Å²) in [6.45, 7) is 0.316. The van der Waals surface area contributed by atoms with Crippen molar-refractivity contribution in [2.75, 3.05) is 13.7 Å². The van der Waals surface area contributed by atoms with Crippen LogP contribution in [0.5, 0.6) is 5.75 Å². The minimum Gasteiger partial charge on any atom is -0.497 e. The Kier molecular flexibility index (Phi) is 3.27. The monoisotopic (exact) mass is 206 g/mol. The Labute approximate surface area is 90.9 Å². The number of benzene rings is 1. The molecule has 0 bridgehead atoms. The lowest BCUT2D eigenvalue weighted by Crippen LogP contribution is -2.10. The van der Waals surface area contributed by atoms with Gasteiger partial charge in [-0.05, 0) is 42.4 Å². The van der Waals surface area contributed by atoms with Crippen molar-refractivity contribution < 1.29 is 9.84 Å². The average Bonchev–Trinajstić information content (AvgIpc) is 2.77. The first-order chi connectivity index (χ1) is 7.35. The van der Waals surface area contributed by atoms with Gasteiger partial charge in [-0.2, -0.15) is 0 Å². The summed E-state index contributed by atoms with van der Waals surface area (Å²) in [5, 5.41) is 9.27. The molecule has 0 aromatic heterocycles. The second-order valence-electron chi connectivity index (χ2n) is 4.25. The molecule has 0 spiro atoms. The lowest BCUT2D eigenvalue weighted by atomic mass is 9.89. The Morgan fingerprint density at radius 2 is 2.00 bits per heavy atom. The summed E-state index contributed by atoms with van der Waals surface area (Å²) in [4.78, 5) is 0. The highest BCUT2D eigenvalue weighted by Gasteiger charge is 2.27. The lowest BCUT2D eigenvalue weighted by Gasteiger charge is -2.17. The molecule has 1 aromatic rings. The van der Waals surface area contributed by atoms with Gasteiger partial charge in [-0.3, -0.25) is 0 Å². The zero-order valence-electron chi connectivity index (χ0n) is 9.15. The fraction of sp³-hybridized carbons (Fsp3) is 0.538. The maximum Gasteiger partial charge on any atom is 0.118 e.